The first-order chi connectivity index (χ1) is 9.91. The minimum Gasteiger partial charge on any atom is -0.349 e. The van der Waals surface area contributed by atoms with E-state index in [0.717, 1.165) is 31.7 Å². The van der Waals surface area contributed by atoms with E-state index in [4.69, 9.17) is 0 Å². The summed E-state index contributed by atoms with van der Waals surface area (Å²) in [5.74, 6) is -3.25. The Hall–Kier alpha value is -2.05. The molecular formula is C14H16F2N2O3. The number of hydrogen-bond acceptors (Lipinski definition) is 3. The van der Waals surface area contributed by atoms with Crippen molar-refractivity contribution in [2.75, 3.05) is 0 Å². The van der Waals surface area contributed by atoms with E-state index in [0.29, 0.717) is 6.07 Å². The topological polar surface area (TPSA) is 72.2 Å². The highest BCUT2D eigenvalue weighted by Gasteiger charge is 2.29. The zero-order chi connectivity index (χ0) is 15.6. The van der Waals surface area contributed by atoms with Crippen molar-refractivity contribution in [3.8, 4) is 0 Å². The third-order valence-corrected chi connectivity index (χ3v) is 3.92. The van der Waals surface area contributed by atoms with E-state index in [9.17, 15) is 23.7 Å². The van der Waals surface area contributed by atoms with Gasteiger partial charge in [-0.25, -0.2) is 4.39 Å². The van der Waals surface area contributed by atoms with Gasteiger partial charge in [0, 0.05) is 12.1 Å². The maximum atomic E-state index is 13.9. The normalized spacial score (nSPS) is 21.9. The second-order valence-corrected chi connectivity index (χ2v) is 5.35. The number of nitro benzene ring substituents is 1. The van der Waals surface area contributed by atoms with Crippen molar-refractivity contribution in [2.45, 2.75) is 38.6 Å². The molecular weight excluding hydrogens is 282 g/mol. The van der Waals surface area contributed by atoms with Crippen molar-refractivity contribution >= 4 is 11.6 Å². The second kappa shape index (κ2) is 6.15. The molecule has 5 nitrogen and oxygen atoms in total. The lowest BCUT2D eigenvalue weighted by Crippen LogP contribution is -2.41. The van der Waals surface area contributed by atoms with Crippen LogP contribution < -0.4 is 5.32 Å². The lowest BCUT2D eigenvalue weighted by atomic mass is 9.86. The number of carbonyl (C=O) groups is 1. The Morgan fingerprint density at radius 1 is 1.33 bits per heavy atom. The zero-order valence-electron chi connectivity index (χ0n) is 11.6. The van der Waals surface area contributed by atoms with E-state index in [1.54, 1.807) is 0 Å². The predicted octanol–water partition coefficient (Wildman–Crippen LogP) is 3.18. The smallest absolute Gasteiger partial charge is 0.305 e. The number of halogens is 2. The number of benzene rings is 1. The molecule has 0 spiro atoms. The highest BCUT2D eigenvalue weighted by Crippen LogP contribution is 2.26. The maximum Gasteiger partial charge on any atom is 0.305 e. The van der Waals surface area contributed by atoms with E-state index in [1.165, 1.54) is 0 Å². The first kappa shape index (κ1) is 15.3. The Morgan fingerprint density at radius 2 is 2.00 bits per heavy atom. The van der Waals surface area contributed by atoms with Crippen LogP contribution in [0, 0.1) is 27.7 Å². The molecule has 1 aliphatic carbocycles. The van der Waals surface area contributed by atoms with E-state index in [2.05, 4.69) is 5.32 Å². The van der Waals surface area contributed by atoms with Crippen molar-refractivity contribution in [2.24, 2.45) is 5.92 Å². The number of nitrogens with zero attached hydrogens (tertiary/aromatic N) is 1. The van der Waals surface area contributed by atoms with Crippen LogP contribution in [-0.4, -0.2) is 16.9 Å². The third kappa shape index (κ3) is 3.17. The first-order valence-corrected chi connectivity index (χ1v) is 6.85. The average Bonchev–Trinajstić information content (AvgIpc) is 2.41. The Morgan fingerprint density at radius 3 is 2.62 bits per heavy atom. The Bertz CT molecular complexity index is 578. The summed E-state index contributed by atoms with van der Waals surface area (Å²) in [5.41, 5.74) is -1.79. The summed E-state index contributed by atoms with van der Waals surface area (Å²) in [5, 5.41) is 13.3. The van der Waals surface area contributed by atoms with Gasteiger partial charge in [0.15, 0.2) is 0 Å². The number of nitro groups is 1. The molecule has 1 amide bonds. The molecule has 2 unspecified atom stereocenters. The summed E-state index contributed by atoms with van der Waals surface area (Å²) in [6.07, 6.45) is 3.68. The molecule has 1 aliphatic rings. The molecule has 0 radical (unpaired) electrons. The predicted molar refractivity (Wildman–Crippen MR) is 71.9 cm³/mol. The molecule has 2 rings (SSSR count). The second-order valence-electron chi connectivity index (χ2n) is 5.35. The van der Waals surface area contributed by atoms with Crippen molar-refractivity contribution in [1.82, 2.24) is 5.32 Å². The Kier molecular flexibility index (Phi) is 4.50. The van der Waals surface area contributed by atoms with Crippen LogP contribution in [0.5, 0.6) is 0 Å². The van der Waals surface area contributed by atoms with Crippen LogP contribution in [0.3, 0.4) is 0 Å². The van der Waals surface area contributed by atoms with Crippen LogP contribution in [0.2, 0.25) is 0 Å². The molecule has 21 heavy (non-hydrogen) atoms. The van der Waals surface area contributed by atoms with E-state index < -0.39 is 33.7 Å². The fraction of sp³-hybridized carbons (Fsp3) is 0.500. The van der Waals surface area contributed by atoms with Crippen LogP contribution in [0.4, 0.5) is 14.5 Å². The van der Waals surface area contributed by atoms with Gasteiger partial charge < -0.3 is 5.32 Å². The fourth-order valence-electron chi connectivity index (χ4n) is 2.66. The lowest BCUT2D eigenvalue weighted by molar-refractivity contribution is -0.387. The highest BCUT2D eigenvalue weighted by atomic mass is 19.1. The SMILES string of the molecule is CC1CCCCC1NC(=O)c1c(F)ccc([N+](=O)[O-])c1F. The summed E-state index contributed by atoms with van der Waals surface area (Å²) in [6.45, 7) is 1.96. The van der Waals surface area contributed by atoms with Crippen molar-refractivity contribution in [3.63, 3.8) is 0 Å². The third-order valence-electron chi connectivity index (χ3n) is 3.92. The van der Waals surface area contributed by atoms with Crippen LogP contribution in [0.1, 0.15) is 43.0 Å². The van der Waals surface area contributed by atoms with Gasteiger partial charge in [0.1, 0.15) is 11.4 Å². The molecule has 0 aromatic heterocycles. The maximum absolute atomic E-state index is 13.9. The van der Waals surface area contributed by atoms with Crippen LogP contribution in [-0.2, 0) is 0 Å². The molecule has 0 aliphatic heterocycles. The summed E-state index contributed by atoms with van der Waals surface area (Å²) in [7, 11) is 0. The highest BCUT2D eigenvalue weighted by molar-refractivity contribution is 5.95. The number of carbonyl (C=O) groups excluding carboxylic acids is 1. The minimum atomic E-state index is -1.43. The molecule has 0 saturated heterocycles. The quantitative estimate of drug-likeness (QED) is 0.688. The molecule has 1 aromatic rings. The summed E-state index contributed by atoms with van der Waals surface area (Å²) >= 11 is 0. The molecule has 0 heterocycles. The van der Waals surface area contributed by atoms with Crippen LogP contribution in [0.15, 0.2) is 12.1 Å². The zero-order valence-corrected chi connectivity index (χ0v) is 11.6. The number of hydrogen-bond donors (Lipinski definition) is 1. The summed E-state index contributed by atoms with van der Waals surface area (Å²) in [6, 6.07) is 1.29. The molecule has 1 N–H and O–H groups in total. The molecule has 2 atom stereocenters. The largest absolute Gasteiger partial charge is 0.349 e. The minimum absolute atomic E-state index is 0.163. The molecule has 7 heteroatoms. The molecule has 114 valence electrons. The van der Waals surface area contributed by atoms with Crippen molar-refractivity contribution in [1.29, 1.82) is 0 Å². The Balaban J connectivity index is 2.26. The molecule has 1 saturated carbocycles. The average molecular weight is 298 g/mol. The molecule has 1 aromatic carbocycles. The fourth-order valence-corrected chi connectivity index (χ4v) is 2.66. The van der Waals surface area contributed by atoms with Gasteiger partial charge in [-0.3, -0.25) is 14.9 Å². The lowest BCUT2D eigenvalue weighted by Gasteiger charge is -2.29. The van der Waals surface area contributed by atoms with Crippen molar-refractivity contribution in [3.05, 3.63) is 39.4 Å². The summed E-state index contributed by atoms with van der Waals surface area (Å²) in [4.78, 5) is 21.7. The first-order valence-electron chi connectivity index (χ1n) is 6.85. The van der Waals surface area contributed by atoms with Gasteiger partial charge in [-0.15, -0.1) is 0 Å². The van der Waals surface area contributed by atoms with Crippen LogP contribution >= 0.6 is 0 Å². The van der Waals surface area contributed by atoms with Gasteiger partial charge in [-0.1, -0.05) is 19.8 Å². The van der Waals surface area contributed by atoms with Gasteiger partial charge in [-0.05, 0) is 24.8 Å². The van der Waals surface area contributed by atoms with Crippen LogP contribution in [0.25, 0.3) is 0 Å². The summed E-state index contributed by atoms with van der Waals surface area (Å²) < 4.78 is 27.6. The van der Waals surface area contributed by atoms with Crippen molar-refractivity contribution < 1.29 is 18.5 Å². The van der Waals surface area contributed by atoms with Gasteiger partial charge in [0.2, 0.25) is 5.82 Å². The van der Waals surface area contributed by atoms with Gasteiger partial charge in [-0.2, -0.15) is 4.39 Å². The number of rotatable bonds is 3. The number of amides is 1. The van der Waals surface area contributed by atoms with E-state index in [-0.39, 0.29) is 12.0 Å². The van der Waals surface area contributed by atoms with Gasteiger partial charge in [0.05, 0.1) is 4.92 Å². The standard InChI is InChI=1S/C14H16F2N2O3/c1-8-4-2-3-5-10(8)17-14(19)12-9(15)6-7-11(13(12)16)18(20)21/h6-8,10H,2-5H2,1H3,(H,17,19). The molecule has 1 fully saturated rings. The van der Waals surface area contributed by atoms with Gasteiger partial charge in [0.25, 0.3) is 5.91 Å². The van der Waals surface area contributed by atoms with Gasteiger partial charge >= 0.3 is 5.69 Å². The molecule has 0 bridgehead atoms. The monoisotopic (exact) mass is 298 g/mol. The van der Waals surface area contributed by atoms with E-state index in [1.807, 2.05) is 6.92 Å². The number of nitrogens with one attached hydrogen (secondary N) is 1. The van der Waals surface area contributed by atoms with E-state index >= 15 is 0 Å². The Labute approximate surface area is 120 Å².